The molecule has 0 atom stereocenters. The Morgan fingerprint density at radius 3 is 2.76 bits per heavy atom. The van der Waals surface area contributed by atoms with Crippen LogP contribution in [0.5, 0.6) is 11.5 Å². The number of halogens is 2. The minimum Gasteiger partial charge on any atom is -0.454 e. The zero-order valence-corrected chi connectivity index (χ0v) is 11.6. The molecule has 0 spiro atoms. The molecule has 0 amide bonds. The van der Waals surface area contributed by atoms with E-state index < -0.39 is 0 Å². The van der Waals surface area contributed by atoms with Gasteiger partial charge in [-0.25, -0.2) is 4.99 Å². The Kier molecular flexibility index (Phi) is 2.80. The van der Waals surface area contributed by atoms with Gasteiger partial charge in [0.05, 0.1) is 5.56 Å². The first-order chi connectivity index (χ1) is 8.24. The fourth-order valence-corrected chi connectivity index (χ4v) is 2.53. The Hall–Kier alpha value is -1.07. The van der Waals surface area contributed by atoms with Gasteiger partial charge in [0.1, 0.15) is 15.2 Å². The lowest BCUT2D eigenvalue weighted by atomic mass is 10.2. The van der Waals surface area contributed by atoms with Crippen LogP contribution in [0.1, 0.15) is 5.56 Å². The fraction of sp³-hybridized carbons (Fsp3) is 0. The van der Waals surface area contributed by atoms with Gasteiger partial charge in [0.15, 0.2) is 5.75 Å². The van der Waals surface area contributed by atoms with Gasteiger partial charge in [-0.1, -0.05) is 23.7 Å². The normalized spacial score (nSPS) is 12.9. The summed E-state index contributed by atoms with van der Waals surface area (Å²) in [4.78, 5) is 4.54. The van der Waals surface area contributed by atoms with E-state index in [0.717, 1.165) is 26.5 Å². The number of fused-ring (bicyclic) bond motifs is 2. The summed E-state index contributed by atoms with van der Waals surface area (Å²) in [5.74, 6) is 1.55. The third-order valence-electron chi connectivity index (χ3n) is 2.47. The van der Waals surface area contributed by atoms with Crippen LogP contribution in [0.15, 0.2) is 47.5 Å². The molecule has 17 heavy (non-hydrogen) atoms. The minimum atomic E-state index is 0.683. The summed E-state index contributed by atoms with van der Waals surface area (Å²) in [6.45, 7) is 0. The van der Waals surface area contributed by atoms with Crippen LogP contribution in [0.3, 0.4) is 0 Å². The van der Waals surface area contributed by atoms with Crippen LogP contribution in [0.25, 0.3) is 0 Å². The first kappa shape index (κ1) is 11.0. The van der Waals surface area contributed by atoms with Gasteiger partial charge >= 0.3 is 0 Å². The topological polar surface area (TPSA) is 21.6 Å². The van der Waals surface area contributed by atoms with E-state index in [1.165, 1.54) is 0 Å². The van der Waals surface area contributed by atoms with Crippen LogP contribution in [0, 0.1) is 0 Å². The van der Waals surface area contributed by atoms with Crippen LogP contribution in [0.2, 0.25) is 5.02 Å². The molecule has 0 bridgehead atoms. The number of hydrogen-bond donors (Lipinski definition) is 0. The van der Waals surface area contributed by atoms with Crippen LogP contribution in [-0.4, -0.2) is 3.72 Å². The van der Waals surface area contributed by atoms with E-state index in [-0.39, 0.29) is 0 Å². The average molecular weight is 356 g/mol. The molecule has 0 saturated heterocycles. The molecule has 84 valence electrons. The van der Waals surface area contributed by atoms with Gasteiger partial charge in [-0.15, -0.1) is 0 Å². The van der Waals surface area contributed by atoms with Crippen LogP contribution < -0.4 is 4.74 Å². The Morgan fingerprint density at radius 2 is 1.88 bits per heavy atom. The van der Waals surface area contributed by atoms with Crippen molar-refractivity contribution in [3.05, 3.63) is 53.1 Å². The second-order valence-electron chi connectivity index (χ2n) is 3.61. The first-order valence-electron chi connectivity index (χ1n) is 5.05. The third kappa shape index (κ3) is 2.05. The first-order valence-corrected chi connectivity index (χ1v) is 6.51. The molecular formula is C13H7ClINO. The molecule has 1 aliphatic heterocycles. The maximum Gasteiger partial charge on any atom is 0.153 e. The van der Waals surface area contributed by atoms with Crippen molar-refractivity contribution in [2.45, 2.75) is 0 Å². The van der Waals surface area contributed by atoms with Crippen molar-refractivity contribution >= 4 is 43.6 Å². The highest BCUT2D eigenvalue weighted by atomic mass is 127. The zero-order valence-electron chi connectivity index (χ0n) is 8.65. The summed E-state index contributed by atoms with van der Waals surface area (Å²) in [6.07, 6.45) is 0. The number of nitrogens with zero attached hydrogens (tertiary/aromatic N) is 1. The second kappa shape index (κ2) is 4.31. The van der Waals surface area contributed by atoms with Gasteiger partial charge in [0, 0.05) is 5.02 Å². The monoisotopic (exact) mass is 355 g/mol. The molecular weight excluding hydrogens is 349 g/mol. The van der Waals surface area contributed by atoms with Crippen molar-refractivity contribution in [3.63, 3.8) is 0 Å². The third-order valence-corrected chi connectivity index (χ3v) is 3.53. The van der Waals surface area contributed by atoms with E-state index in [1.54, 1.807) is 0 Å². The minimum absolute atomic E-state index is 0.683. The summed E-state index contributed by atoms with van der Waals surface area (Å²) in [7, 11) is 0. The number of aliphatic imine (C=N–C) groups is 1. The number of rotatable bonds is 0. The number of benzene rings is 2. The van der Waals surface area contributed by atoms with Gasteiger partial charge in [-0.05, 0) is 52.9 Å². The lowest BCUT2D eigenvalue weighted by Crippen LogP contribution is -1.92. The Labute approximate surface area is 117 Å². The Balaban J connectivity index is 2.24. The Bertz CT molecular complexity index is 625. The van der Waals surface area contributed by atoms with Gasteiger partial charge in [-0.3, -0.25) is 0 Å². The van der Waals surface area contributed by atoms with Gasteiger partial charge in [0.25, 0.3) is 0 Å². The highest BCUT2D eigenvalue weighted by Gasteiger charge is 2.16. The molecule has 0 saturated carbocycles. The summed E-state index contributed by atoms with van der Waals surface area (Å²) < 4.78 is 6.73. The quantitative estimate of drug-likeness (QED) is 0.612. The van der Waals surface area contributed by atoms with Crippen molar-refractivity contribution in [1.29, 1.82) is 0 Å². The maximum atomic E-state index is 5.99. The summed E-state index contributed by atoms with van der Waals surface area (Å²) in [6, 6.07) is 13.3. The summed E-state index contributed by atoms with van der Waals surface area (Å²) in [5.41, 5.74) is 1.76. The smallest absolute Gasteiger partial charge is 0.153 e. The molecule has 2 aromatic carbocycles. The lowest BCUT2D eigenvalue weighted by Gasteiger charge is -2.07. The SMILES string of the molecule is Clc1ccc2c(c1)C(I)=Nc1ccccc1O2. The number of hydrogen-bond acceptors (Lipinski definition) is 2. The van der Waals surface area contributed by atoms with E-state index >= 15 is 0 Å². The molecule has 0 aliphatic carbocycles. The fourth-order valence-electron chi connectivity index (χ4n) is 1.67. The molecule has 3 rings (SSSR count). The zero-order chi connectivity index (χ0) is 11.8. The van der Waals surface area contributed by atoms with Crippen molar-refractivity contribution in [2.75, 3.05) is 0 Å². The van der Waals surface area contributed by atoms with Gasteiger partial charge < -0.3 is 4.74 Å². The van der Waals surface area contributed by atoms with E-state index in [4.69, 9.17) is 16.3 Å². The highest BCUT2D eigenvalue weighted by Crippen LogP contribution is 2.39. The van der Waals surface area contributed by atoms with E-state index in [1.807, 2.05) is 42.5 Å². The van der Waals surface area contributed by atoms with Gasteiger partial charge in [0.2, 0.25) is 0 Å². The second-order valence-corrected chi connectivity index (χ2v) is 5.07. The molecule has 0 fully saturated rings. The largest absolute Gasteiger partial charge is 0.454 e. The molecule has 4 heteroatoms. The van der Waals surface area contributed by atoms with Crippen LogP contribution >= 0.6 is 34.2 Å². The highest BCUT2D eigenvalue weighted by molar-refractivity contribution is 14.1. The van der Waals surface area contributed by atoms with E-state index in [2.05, 4.69) is 27.6 Å². The predicted molar refractivity (Wildman–Crippen MR) is 78.2 cm³/mol. The van der Waals surface area contributed by atoms with Crippen molar-refractivity contribution in [1.82, 2.24) is 0 Å². The standard InChI is InChI=1S/C13H7ClINO/c14-8-5-6-11-9(7-8)13(15)16-10-3-1-2-4-12(10)17-11/h1-7H. The number of para-hydroxylation sites is 2. The molecule has 0 N–H and O–H groups in total. The van der Waals surface area contributed by atoms with Crippen molar-refractivity contribution < 1.29 is 4.74 Å². The van der Waals surface area contributed by atoms with Crippen LogP contribution in [-0.2, 0) is 0 Å². The maximum absolute atomic E-state index is 5.99. The van der Waals surface area contributed by atoms with E-state index in [9.17, 15) is 0 Å². The van der Waals surface area contributed by atoms with Crippen LogP contribution in [0.4, 0.5) is 5.69 Å². The molecule has 0 unspecified atom stereocenters. The molecule has 2 aromatic rings. The molecule has 1 aliphatic rings. The predicted octanol–water partition coefficient (Wildman–Crippen LogP) is 4.96. The average Bonchev–Trinajstić information content (AvgIpc) is 2.46. The summed E-state index contributed by atoms with van der Waals surface area (Å²) in [5, 5.41) is 0.683. The van der Waals surface area contributed by atoms with Crippen molar-refractivity contribution in [3.8, 4) is 11.5 Å². The molecule has 2 nitrogen and oxygen atoms in total. The molecule has 0 radical (unpaired) electrons. The molecule has 0 aromatic heterocycles. The number of ether oxygens (including phenoxy) is 1. The summed E-state index contributed by atoms with van der Waals surface area (Å²) >= 11 is 8.19. The lowest BCUT2D eigenvalue weighted by molar-refractivity contribution is 0.485. The van der Waals surface area contributed by atoms with Gasteiger partial charge in [-0.2, -0.15) is 0 Å². The van der Waals surface area contributed by atoms with Crippen molar-refractivity contribution in [2.24, 2.45) is 4.99 Å². The Morgan fingerprint density at radius 1 is 1.06 bits per heavy atom. The molecule has 1 heterocycles. The van der Waals surface area contributed by atoms with E-state index in [0.29, 0.717) is 5.02 Å².